The Kier molecular flexibility index (Phi) is 3.63. The summed E-state index contributed by atoms with van der Waals surface area (Å²) >= 11 is 17.7. The third-order valence-electron chi connectivity index (χ3n) is 2.58. The van der Waals surface area contributed by atoms with Gasteiger partial charge in [0.25, 0.3) is 5.91 Å². The molecule has 1 amide bonds. The number of carbonyl (C=O) groups is 1. The number of alkyl halides is 1. The Morgan fingerprint density at radius 3 is 2.69 bits per heavy atom. The summed E-state index contributed by atoms with van der Waals surface area (Å²) in [5, 5.41) is 0.962. The molecule has 0 bridgehead atoms. The Morgan fingerprint density at radius 2 is 2.12 bits per heavy atom. The molecule has 2 rings (SSSR count). The number of carbonyl (C=O) groups excluding carboxylic acids is 1. The van der Waals surface area contributed by atoms with Gasteiger partial charge in [-0.25, -0.2) is 0 Å². The highest BCUT2D eigenvalue weighted by molar-refractivity contribution is 6.36. The van der Waals surface area contributed by atoms with E-state index >= 15 is 0 Å². The van der Waals surface area contributed by atoms with Crippen molar-refractivity contribution in [1.29, 1.82) is 0 Å². The zero-order chi connectivity index (χ0) is 11.7. The lowest BCUT2D eigenvalue weighted by atomic mass is 10.2. The van der Waals surface area contributed by atoms with E-state index in [4.69, 9.17) is 34.8 Å². The van der Waals surface area contributed by atoms with Gasteiger partial charge in [-0.05, 0) is 24.6 Å². The lowest BCUT2D eigenvalue weighted by Crippen LogP contribution is -2.29. The maximum atomic E-state index is 12.1. The highest BCUT2D eigenvalue weighted by atomic mass is 35.5. The van der Waals surface area contributed by atoms with Gasteiger partial charge in [0.1, 0.15) is 0 Å². The van der Waals surface area contributed by atoms with Crippen molar-refractivity contribution in [2.45, 2.75) is 11.8 Å². The third kappa shape index (κ3) is 2.45. The Hall–Kier alpha value is -0.440. The predicted octanol–water partition coefficient (Wildman–Crippen LogP) is 3.45. The van der Waals surface area contributed by atoms with Crippen LogP contribution >= 0.6 is 34.8 Å². The zero-order valence-corrected chi connectivity index (χ0v) is 10.7. The SMILES string of the molecule is O=C(c1ccc(Cl)cc1Cl)N1CCC(Cl)C1. The van der Waals surface area contributed by atoms with Gasteiger partial charge in [0.2, 0.25) is 0 Å². The summed E-state index contributed by atoms with van der Waals surface area (Å²) < 4.78 is 0. The molecule has 1 aliphatic rings. The van der Waals surface area contributed by atoms with Crippen LogP contribution in [-0.2, 0) is 0 Å². The second kappa shape index (κ2) is 4.82. The van der Waals surface area contributed by atoms with Crippen LogP contribution in [0.25, 0.3) is 0 Å². The molecule has 1 atom stereocenters. The summed E-state index contributed by atoms with van der Waals surface area (Å²) in [4.78, 5) is 13.8. The van der Waals surface area contributed by atoms with Crippen molar-refractivity contribution in [2.24, 2.45) is 0 Å². The molecule has 1 aromatic rings. The van der Waals surface area contributed by atoms with E-state index in [1.807, 2.05) is 0 Å². The molecule has 1 fully saturated rings. The molecule has 0 aliphatic carbocycles. The third-order valence-corrected chi connectivity index (χ3v) is 3.48. The zero-order valence-electron chi connectivity index (χ0n) is 8.42. The molecule has 0 aromatic heterocycles. The van der Waals surface area contributed by atoms with Crippen molar-refractivity contribution < 1.29 is 4.79 Å². The number of likely N-dealkylation sites (tertiary alicyclic amines) is 1. The number of hydrogen-bond acceptors (Lipinski definition) is 1. The molecule has 1 heterocycles. The van der Waals surface area contributed by atoms with Crippen LogP contribution in [0.1, 0.15) is 16.8 Å². The average Bonchev–Trinajstić information content (AvgIpc) is 2.64. The van der Waals surface area contributed by atoms with Gasteiger partial charge < -0.3 is 4.90 Å². The van der Waals surface area contributed by atoms with E-state index in [9.17, 15) is 4.79 Å². The second-order valence-electron chi connectivity index (χ2n) is 3.76. The van der Waals surface area contributed by atoms with E-state index in [2.05, 4.69) is 0 Å². The Morgan fingerprint density at radius 1 is 1.38 bits per heavy atom. The molecule has 0 N–H and O–H groups in total. The first-order valence-electron chi connectivity index (χ1n) is 4.96. The maximum Gasteiger partial charge on any atom is 0.255 e. The predicted molar refractivity (Wildman–Crippen MR) is 66.6 cm³/mol. The number of amides is 1. The average molecular weight is 279 g/mol. The minimum atomic E-state index is -0.0789. The van der Waals surface area contributed by atoms with Crippen LogP contribution in [0.2, 0.25) is 10.0 Å². The summed E-state index contributed by atoms with van der Waals surface area (Å²) in [6.07, 6.45) is 0.832. The fourth-order valence-corrected chi connectivity index (χ4v) is 2.49. The van der Waals surface area contributed by atoms with Gasteiger partial charge >= 0.3 is 0 Å². The summed E-state index contributed by atoms with van der Waals surface area (Å²) in [5.41, 5.74) is 0.483. The van der Waals surface area contributed by atoms with Gasteiger partial charge in [-0.2, -0.15) is 0 Å². The molecule has 86 valence electrons. The highest BCUT2D eigenvalue weighted by Crippen LogP contribution is 2.24. The van der Waals surface area contributed by atoms with Crippen LogP contribution in [0.15, 0.2) is 18.2 Å². The highest BCUT2D eigenvalue weighted by Gasteiger charge is 2.26. The Bertz CT molecular complexity index is 422. The minimum absolute atomic E-state index is 0.0509. The lowest BCUT2D eigenvalue weighted by molar-refractivity contribution is 0.0793. The molecular weight excluding hydrogens is 268 g/mol. The Labute approximate surface area is 109 Å². The van der Waals surface area contributed by atoms with Crippen LogP contribution in [0.3, 0.4) is 0 Å². The maximum absolute atomic E-state index is 12.1. The molecular formula is C11H10Cl3NO. The summed E-state index contributed by atoms with van der Waals surface area (Å²) in [6.45, 7) is 1.27. The van der Waals surface area contributed by atoms with Gasteiger partial charge in [-0.3, -0.25) is 4.79 Å². The molecule has 1 aliphatic heterocycles. The number of benzene rings is 1. The van der Waals surface area contributed by atoms with E-state index in [0.29, 0.717) is 28.7 Å². The molecule has 16 heavy (non-hydrogen) atoms. The second-order valence-corrected chi connectivity index (χ2v) is 5.22. The van der Waals surface area contributed by atoms with Gasteiger partial charge in [0.15, 0.2) is 0 Å². The van der Waals surface area contributed by atoms with Crippen molar-refractivity contribution in [3.05, 3.63) is 33.8 Å². The van der Waals surface area contributed by atoms with Crippen molar-refractivity contribution in [3.63, 3.8) is 0 Å². The molecule has 0 saturated carbocycles. The largest absolute Gasteiger partial charge is 0.337 e. The molecule has 0 spiro atoms. The number of halogens is 3. The van der Waals surface area contributed by atoms with Crippen molar-refractivity contribution in [3.8, 4) is 0 Å². The standard InChI is InChI=1S/C11H10Cl3NO/c12-7-1-2-9(10(14)5-7)11(16)15-4-3-8(13)6-15/h1-2,5,8H,3-4,6H2. The van der Waals surface area contributed by atoms with Crippen molar-refractivity contribution >= 4 is 40.7 Å². The minimum Gasteiger partial charge on any atom is -0.337 e. The van der Waals surface area contributed by atoms with Crippen LogP contribution in [0, 0.1) is 0 Å². The first-order valence-corrected chi connectivity index (χ1v) is 6.15. The first-order chi connectivity index (χ1) is 7.58. The topological polar surface area (TPSA) is 20.3 Å². The lowest BCUT2D eigenvalue weighted by Gasteiger charge is -2.16. The van der Waals surface area contributed by atoms with E-state index in [1.165, 1.54) is 0 Å². The van der Waals surface area contributed by atoms with E-state index in [1.54, 1.807) is 23.1 Å². The van der Waals surface area contributed by atoms with E-state index in [0.717, 1.165) is 6.42 Å². The van der Waals surface area contributed by atoms with Gasteiger partial charge in [0.05, 0.1) is 16.0 Å². The summed E-state index contributed by atoms with van der Waals surface area (Å²) in [5.74, 6) is -0.0789. The number of hydrogen-bond donors (Lipinski definition) is 0. The summed E-state index contributed by atoms with van der Waals surface area (Å²) in [6, 6.07) is 4.88. The van der Waals surface area contributed by atoms with Gasteiger partial charge in [0, 0.05) is 18.1 Å². The quantitative estimate of drug-likeness (QED) is 0.721. The van der Waals surface area contributed by atoms with Crippen molar-refractivity contribution in [1.82, 2.24) is 4.90 Å². The normalized spacial score (nSPS) is 20.2. The summed E-state index contributed by atoms with van der Waals surface area (Å²) in [7, 11) is 0. The Balaban J connectivity index is 2.21. The van der Waals surface area contributed by atoms with Crippen LogP contribution < -0.4 is 0 Å². The molecule has 0 radical (unpaired) electrons. The van der Waals surface area contributed by atoms with Crippen LogP contribution in [0.4, 0.5) is 0 Å². The number of rotatable bonds is 1. The molecule has 1 unspecified atom stereocenters. The number of nitrogens with zero attached hydrogens (tertiary/aromatic N) is 1. The smallest absolute Gasteiger partial charge is 0.255 e. The fraction of sp³-hybridized carbons (Fsp3) is 0.364. The van der Waals surface area contributed by atoms with E-state index in [-0.39, 0.29) is 11.3 Å². The van der Waals surface area contributed by atoms with Gasteiger partial charge in [-0.1, -0.05) is 23.2 Å². The molecule has 5 heteroatoms. The first kappa shape index (κ1) is 12.0. The van der Waals surface area contributed by atoms with Crippen molar-refractivity contribution in [2.75, 3.05) is 13.1 Å². The van der Waals surface area contributed by atoms with Crippen LogP contribution in [0.5, 0.6) is 0 Å². The van der Waals surface area contributed by atoms with Crippen LogP contribution in [-0.4, -0.2) is 29.3 Å². The van der Waals surface area contributed by atoms with Gasteiger partial charge in [-0.15, -0.1) is 11.6 Å². The fourth-order valence-electron chi connectivity index (χ4n) is 1.74. The molecule has 1 aromatic carbocycles. The molecule has 2 nitrogen and oxygen atoms in total. The monoisotopic (exact) mass is 277 g/mol. The van der Waals surface area contributed by atoms with E-state index < -0.39 is 0 Å². The molecule has 1 saturated heterocycles.